The van der Waals surface area contributed by atoms with E-state index in [9.17, 15) is 4.79 Å². The molecule has 0 unspecified atom stereocenters. The minimum absolute atomic E-state index is 0.242. The van der Waals surface area contributed by atoms with Crippen LogP contribution in [0.4, 0.5) is 0 Å². The lowest BCUT2D eigenvalue weighted by molar-refractivity contribution is -0.121. The van der Waals surface area contributed by atoms with Gasteiger partial charge in [0, 0.05) is 13.0 Å². The molecule has 0 radical (unpaired) electrons. The van der Waals surface area contributed by atoms with E-state index in [2.05, 4.69) is 31.3 Å². The zero-order valence-corrected chi connectivity index (χ0v) is 18.0. The van der Waals surface area contributed by atoms with Crippen LogP contribution in [-0.2, 0) is 4.79 Å². The summed E-state index contributed by atoms with van der Waals surface area (Å²) in [4.78, 5) is 11.6. The van der Waals surface area contributed by atoms with Crippen LogP contribution in [0.2, 0.25) is 0 Å². The maximum Gasteiger partial charge on any atom is 0.219 e. The molecule has 26 heavy (non-hydrogen) atoms. The molecule has 0 rings (SSSR count). The largest absolute Gasteiger partial charge is 0.356 e. The van der Waals surface area contributed by atoms with Crippen LogP contribution in [0.25, 0.3) is 0 Å². The Morgan fingerprint density at radius 1 is 0.615 bits per heavy atom. The Morgan fingerprint density at radius 2 is 1.08 bits per heavy atom. The molecule has 1 N–H and O–H groups in total. The summed E-state index contributed by atoms with van der Waals surface area (Å²) in [5, 5.41) is 3.04. The molecule has 0 aromatic carbocycles. The van der Waals surface area contributed by atoms with Crippen molar-refractivity contribution in [3.05, 3.63) is 12.2 Å². The van der Waals surface area contributed by atoms with Crippen LogP contribution in [-0.4, -0.2) is 12.5 Å². The Morgan fingerprint density at radius 3 is 1.65 bits per heavy atom. The first-order chi connectivity index (χ1) is 12.8. The smallest absolute Gasteiger partial charge is 0.219 e. The van der Waals surface area contributed by atoms with Crippen LogP contribution in [0.15, 0.2) is 12.2 Å². The summed E-state index contributed by atoms with van der Waals surface area (Å²) in [5.41, 5.74) is 0. The average Bonchev–Trinajstić information content (AvgIpc) is 2.64. The maximum atomic E-state index is 11.6. The van der Waals surface area contributed by atoms with Gasteiger partial charge in [-0.2, -0.15) is 0 Å². The summed E-state index contributed by atoms with van der Waals surface area (Å²) >= 11 is 0. The van der Waals surface area contributed by atoms with E-state index < -0.39 is 0 Å². The fraction of sp³-hybridized carbons (Fsp3) is 0.875. The predicted molar refractivity (Wildman–Crippen MR) is 117 cm³/mol. The van der Waals surface area contributed by atoms with Crippen LogP contribution < -0.4 is 5.32 Å². The second kappa shape index (κ2) is 22.3. The van der Waals surface area contributed by atoms with E-state index in [1.54, 1.807) is 0 Å². The molecule has 0 aromatic rings. The van der Waals surface area contributed by atoms with E-state index in [1.807, 2.05) is 0 Å². The van der Waals surface area contributed by atoms with Gasteiger partial charge in [0.15, 0.2) is 0 Å². The second-order valence-electron chi connectivity index (χ2n) is 7.74. The lowest BCUT2D eigenvalue weighted by Crippen LogP contribution is -2.23. The molecule has 0 heterocycles. The van der Waals surface area contributed by atoms with Gasteiger partial charge < -0.3 is 5.32 Å². The second-order valence-corrected chi connectivity index (χ2v) is 7.74. The highest BCUT2D eigenvalue weighted by atomic mass is 16.1. The van der Waals surface area contributed by atoms with Crippen LogP contribution in [0.5, 0.6) is 0 Å². The minimum atomic E-state index is 0.242. The van der Waals surface area contributed by atoms with Crippen LogP contribution in [0.1, 0.15) is 129 Å². The number of amides is 1. The molecule has 0 aliphatic carbocycles. The Bertz CT molecular complexity index is 311. The number of carbonyl (C=O) groups is 1. The Balaban J connectivity index is 3.14. The monoisotopic (exact) mass is 365 g/mol. The molecule has 0 aliphatic rings. The van der Waals surface area contributed by atoms with Crippen molar-refractivity contribution in [2.45, 2.75) is 129 Å². The molecular formula is C24H47NO. The van der Waals surface area contributed by atoms with Gasteiger partial charge in [0.25, 0.3) is 0 Å². The van der Waals surface area contributed by atoms with Crippen molar-refractivity contribution in [3.63, 3.8) is 0 Å². The van der Waals surface area contributed by atoms with Crippen molar-refractivity contribution >= 4 is 5.91 Å². The van der Waals surface area contributed by atoms with Gasteiger partial charge >= 0.3 is 0 Å². The molecule has 0 bridgehead atoms. The fourth-order valence-corrected chi connectivity index (χ4v) is 3.22. The lowest BCUT2D eigenvalue weighted by Gasteiger charge is -2.05. The molecule has 2 heteroatoms. The lowest BCUT2D eigenvalue weighted by atomic mass is 10.1. The third kappa shape index (κ3) is 21.3. The molecule has 0 saturated heterocycles. The quantitative estimate of drug-likeness (QED) is 0.174. The van der Waals surface area contributed by atoms with Crippen molar-refractivity contribution in [1.82, 2.24) is 5.32 Å². The summed E-state index contributed by atoms with van der Waals surface area (Å²) < 4.78 is 0. The van der Waals surface area contributed by atoms with E-state index in [4.69, 9.17) is 0 Å². The van der Waals surface area contributed by atoms with E-state index >= 15 is 0 Å². The summed E-state index contributed by atoms with van der Waals surface area (Å²) in [6.07, 6.45) is 27.5. The van der Waals surface area contributed by atoms with Crippen molar-refractivity contribution in [1.29, 1.82) is 0 Å². The van der Waals surface area contributed by atoms with Gasteiger partial charge in [-0.05, 0) is 38.5 Å². The number of rotatable bonds is 20. The molecule has 2 nitrogen and oxygen atoms in total. The highest BCUT2D eigenvalue weighted by Gasteiger charge is 1.99. The van der Waals surface area contributed by atoms with Crippen molar-refractivity contribution in [3.8, 4) is 0 Å². The van der Waals surface area contributed by atoms with Crippen LogP contribution in [0, 0.1) is 0 Å². The standard InChI is InChI=1S/C24H47NO/c1-3-5-7-8-9-10-11-12-13-14-15-16-17-18-19-21-23-25-24(26)22-20-6-4-2/h12-13H,3-11,14-23H2,1-2H3,(H,25,26)/b13-12-. The number of nitrogens with one attached hydrogen (secondary N) is 1. The van der Waals surface area contributed by atoms with Crippen LogP contribution >= 0.6 is 0 Å². The first-order valence-electron chi connectivity index (χ1n) is 11.7. The molecule has 0 saturated carbocycles. The summed E-state index contributed by atoms with van der Waals surface area (Å²) in [7, 11) is 0. The third-order valence-electron chi connectivity index (χ3n) is 5.02. The van der Waals surface area contributed by atoms with E-state index in [0.717, 1.165) is 19.4 Å². The van der Waals surface area contributed by atoms with Crippen LogP contribution in [0.3, 0.4) is 0 Å². The fourth-order valence-electron chi connectivity index (χ4n) is 3.22. The number of carbonyl (C=O) groups excluding carboxylic acids is 1. The van der Waals surface area contributed by atoms with Gasteiger partial charge in [0.05, 0.1) is 0 Å². The number of hydrogen-bond acceptors (Lipinski definition) is 1. The molecule has 0 aromatic heterocycles. The van der Waals surface area contributed by atoms with Crippen molar-refractivity contribution in [2.24, 2.45) is 0 Å². The van der Waals surface area contributed by atoms with Gasteiger partial charge in [-0.1, -0.05) is 96.6 Å². The zero-order chi connectivity index (χ0) is 19.1. The number of unbranched alkanes of at least 4 members (excludes halogenated alkanes) is 14. The highest BCUT2D eigenvalue weighted by molar-refractivity contribution is 5.75. The minimum Gasteiger partial charge on any atom is -0.356 e. The van der Waals surface area contributed by atoms with E-state index in [0.29, 0.717) is 6.42 Å². The molecule has 154 valence electrons. The van der Waals surface area contributed by atoms with Crippen molar-refractivity contribution in [2.75, 3.05) is 6.54 Å². The van der Waals surface area contributed by atoms with Crippen molar-refractivity contribution < 1.29 is 4.79 Å². The highest BCUT2D eigenvalue weighted by Crippen LogP contribution is 2.09. The number of allylic oxidation sites excluding steroid dienone is 2. The summed E-state index contributed by atoms with van der Waals surface area (Å²) in [5.74, 6) is 0.242. The predicted octanol–water partition coefficient (Wildman–Crippen LogP) is 7.72. The SMILES string of the molecule is CCCCCCCC/C=C\CCCCCCCCNC(=O)CCCCC. The Labute approximate surface area is 164 Å². The maximum absolute atomic E-state index is 11.6. The summed E-state index contributed by atoms with van der Waals surface area (Å²) in [6.45, 7) is 5.31. The molecule has 0 atom stereocenters. The third-order valence-corrected chi connectivity index (χ3v) is 5.02. The normalized spacial score (nSPS) is 11.3. The number of hydrogen-bond donors (Lipinski definition) is 1. The van der Waals surface area contributed by atoms with Gasteiger partial charge in [0.1, 0.15) is 0 Å². The van der Waals surface area contributed by atoms with Gasteiger partial charge in [-0.25, -0.2) is 0 Å². The topological polar surface area (TPSA) is 29.1 Å². The average molecular weight is 366 g/mol. The van der Waals surface area contributed by atoms with E-state index in [1.165, 1.54) is 96.3 Å². The van der Waals surface area contributed by atoms with Gasteiger partial charge in [0.2, 0.25) is 5.91 Å². The molecule has 0 fully saturated rings. The zero-order valence-electron chi connectivity index (χ0n) is 18.0. The first-order valence-corrected chi connectivity index (χ1v) is 11.7. The Hall–Kier alpha value is -0.790. The molecular weight excluding hydrogens is 318 g/mol. The molecule has 0 aliphatic heterocycles. The molecule has 1 amide bonds. The first kappa shape index (κ1) is 25.2. The van der Waals surface area contributed by atoms with Gasteiger partial charge in [-0.3, -0.25) is 4.79 Å². The summed E-state index contributed by atoms with van der Waals surface area (Å²) in [6, 6.07) is 0. The van der Waals surface area contributed by atoms with E-state index in [-0.39, 0.29) is 5.91 Å². The molecule has 0 spiro atoms. The Kier molecular flexibility index (Phi) is 21.6. The van der Waals surface area contributed by atoms with Gasteiger partial charge in [-0.15, -0.1) is 0 Å².